The summed E-state index contributed by atoms with van der Waals surface area (Å²) in [6.45, 7) is 2.08. The highest BCUT2D eigenvalue weighted by Crippen LogP contribution is 2.32. The zero-order chi connectivity index (χ0) is 14.1. The van der Waals surface area contributed by atoms with Crippen molar-refractivity contribution in [3.8, 4) is 0 Å². The van der Waals surface area contributed by atoms with E-state index in [2.05, 4.69) is 41.9 Å². The first kappa shape index (κ1) is 13.7. The van der Waals surface area contributed by atoms with Crippen molar-refractivity contribution in [1.29, 1.82) is 0 Å². The van der Waals surface area contributed by atoms with Crippen LogP contribution in [-0.4, -0.2) is 0 Å². The fourth-order valence-corrected chi connectivity index (χ4v) is 3.48. The minimum Gasteiger partial charge on any atom is -0.378 e. The molecule has 0 spiro atoms. The maximum absolute atomic E-state index is 6.26. The van der Waals surface area contributed by atoms with Gasteiger partial charge in [0.25, 0.3) is 0 Å². The van der Waals surface area contributed by atoms with Crippen LogP contribution in [0.1, 0.15) is 18.5 Å². The van der Waals surface area contributed by atoms with Gasteiger partial charge in [0.2, 0.25) is 0 Å². The van der Waals surface area contributed by atoms with E-state index in [4.69, 9.17) is 23.2 Å². The Balaban J connectivity index is 1.87. The highest BCUT2D eigenvalue weighted by molar-refractivity contribution is 7.17. The molecule has 3 rings (SSSR count). The van der Waals surface area contributed by atoms with Gasteiger partial charge in [-0.2, -0.15) is 0 Å². The van der Waals surface area contributed by atoms with Gasteiger partial charge in [-0.25, -0.2) is 0 Å². The second-order valence-electron chi connectivity index (χ2n) is 4.68. The second kappa shape index (κ2) is 5.65. The summed E-state index contributed by atoms with van der Waals surface area (Å²) in [5, 5.41) is 8.03. The van der Waals surface area contributed by atoms with Crippen LogP contribution in [0.4, 0.5) is 5.69 Å². The maximum atomic E-state index is 6.26. The molecule has 0 aliphatic rings. The number of hydrogen-bond acceptors (Lipinski definition) is 2. The summed E-state index contributed by atoms with van der Waals surface area (Å²) in [7, 11) is 0. The molecular weight excluding hydrogens is 309 g/mol. The van der Waals surface area contributed by atoms with Crippen molar-refractivity contribution >= 4 is 50.3 Å². The standard InChI is InChI=1S/C16H13Cl2NS/c1-10(13-3-2-4-14(17)16(13)18)19-12-5-6-15-11(9-12)7-8-20-15/h2-10,19H,1H3. The van der Waals surface area contributed by atoms with Gasteiger partial charge in [-0.05, 0) is 53.6 Å². The van der Waals surface area contributed by atoms with Gasteiger partial charge in [0, 0.05) is 10.4 Å². The van der Waals surface area contributed by atoms with Crippen LogP contribution in [0, 0.1) is 0 Å². The largest absolute Gasteiger partial charge is 0.378 e. The molecule has 102 valence electrons. The van der Waals surface area contributed by atoms with Gasteiger partial charge >= 0.3 is 0 Å². The van der Waals surface area contributed by atoms with Crippen molar-refractivity contribution in [2.75, 3.05) is 5.32 Å². The Morgan fingerprint density at radius 3 is 2.80 bits per heavy atom. The van der Waals surface area contributed by atoms with E-state index in [1.807, 2.05) is 12.1 Å². The molecule has 0 amide bonds. The Bertz CT molecular complexity index is 751. The van der Waals surface area contributed by atoms with Crippen LogP contribution >= 0.6 is 34.5 Å². The lowest BCUT2D eigenvalue weighted by Crippen LogP contribution is -2.07. The van der Waals surface area contributed by atoms with Crippen molar-refractivity contribution in [2.24, 2.45) is 0 Å². The van der Waals surface area contributed by atoms with Gasteiger partial charge in [-0.15, -0.1) is 11.3 Å². The van der Waals surface area contributed by atoms with Crippen LogP contribution in [0.25, 0.3) is 10.1 Å². The van der Waals surface area contributed by atoms with Crippen LogP contribution < -0.4 is 5.32 Å². The summed E-state index contributed by atoms with van der Waals surface area (Å²) in [6, 6.07) is 14.3. The van der Waals surface area contributed by atoms with Gasteiger partial charge in [-0.3, -0.25) is 0 Å². The number of halogens is 2. The first-order valence-corrected chi connectivity index (χ1v) is 7.96. The molecule has 1 atom stereocenters. The number of nitrogens with one attached hydrogen (secondary N) is 1. The zero-order valence-corrected chi connectivity index (χ0v) is 13.2. The molecule has 2 aromatic carbocycles. The first-order valence-electron chi connectivity index (χ1n) is 6.33. The Labute approximate surface area is 132 Å². The minimum absolute atomic E-state index is 0.0947. The third-order valence-corrected chi connectivity index (χ3v) is 5.01. The highest BCUT2D eigenvalue weighted by Gasteiger charge is 2.11. The van der Waals surface area contributed by atoms with E-state index >= 15 is 0 Å². The molecule has 0 saturated carbocycles. The predicted molar refractivity (Wildman–Crippen MR) is 90.3 cm³/mol. The topological polar surface area (TPSA) is 12.0 Å². The van der Waals surface area contributed by atoms with Gasteiger partial charge < -0.3 is 5.32 Å². The van der Waals surface area contributed by atoms with Crippen LogP contribution in [-0.2, 0) is 0 Å². The number of fused-ring (bicyclic) bond motifs is 1. The van der Waals surface area contributed by atoms with E-state index in [1.54, 1.807) is 17.4 Å². The van der Waals surface area contributed by atoms with Gasteiger partial charge in [0.1, 0.15) is 0 Å². The number of hydrogen-bond donors (Lipinski definition) is 1. The normalized spacial score (nSPS) is 12.6. The van der Waals surface area contributed by atoms with Crippen LogP contribution in [0.2, 0.25) is 10.0 Å². The zero-order valence-electron chi connectivity index (χ0n) is 10.9. The number of benzene rings is 2. The monoisotopic (exact) mass is 321 g/mol. The molecule has 0 saturated heterocycles. The molecule has 1 N–H and O–H groups in total. The van der Waals surface area contributed by atoms with Gasteiger partial charge in [-0.1, -0.05) is 35.3 Å². The summed E-state index contributed by atoms with van der Waals surface area (Å²) >= 11 is 14.1. The lowest BCUT2D eigenvalue weighted by Gasteiger charge is -2.17. The fraction of sp³-hybridized carbons (Fsp3) is 0.125. The number of anilines is 1. The molecule has 3 aromatic rings. The second-order valence-corrected chi connectivity index (χ2v) is 6.42. The smallest absolute Gasteiger partial charge is 0.0644 e. The Morgan fingerprint density at radius 1 is 1.10 bits per heavy atom. The molecule has 20 heavy (non-hydrogen) atoms. The highest BCUT2D eigenvalue weighted by atomic mass is 35.5. The maximum Gasteiger partial charge on any atom is 0.0644 e. The molecule has 1 aromatic heterocycles. The van der Waals surface area contributed by atoms with Crippen molar-refractivity contribution in [3.63, 3.8) is 0 Å². The molecule has 0 aliphatic carbocycles. The molecular formula is C16H13Cl2NS. The molecule has 0 fully saturated rings. The average Bonchev–Trinajstić information content (AvgIpc) is 2.89. The van der Waals surface area contributed by atoms with Crippen LogP contribution in [0.5, 0.6) is 0 Å². The number of thiophene rings is 1. The van der Waals surface area contributed by atoms with Gasteiger partial charge in [0.05, 0.1) is 16.1 Å². The molecule has 1 heterocycles. The van der Waals surface area contributed by atoms with E-state index in [0.29, 0.717) is 10.0 Å². The molecule has 1 nitrogen and oxygen atoms in total. The summed E-state index contributed by atoms with van der Waals surface area (Å²) in [4.78, 5) is 0. The van der Waals surface area contributed by atoms with Gasteiger partial charge in [0.15, 0.2) is 0 Å². The van der Waals surface area contributed by atoms with Crippen molar-refractivity contribution in [2.45, 2.75) is 13.0 Å². The van der Waals surface area contributed by atoms with Crippen LogP contribution in [0.3, 0.4) is 0 Å². The van der Waals surface area contributed by atoms with Crippen molar-refractivity contribution in [3.05, 3.63) is 63.5 Å². The van der Waals surface area contributed by atoms with E-state index in [0.717, 1.165) is 11.3 Å². The van der Waals surface area contributed by atoms with E-state index in [1.165, 1.54) is 10.1 Å². The van der Waals surface area contributed by atoms with Crippen LogP contribution in [0.15, 0.2) is 47.8 Å². The Hall–Kier alpha value is -1.22. The minimum atomic E-state index is 0.0947. The quantitative estimate of drug-likeness (QED) is 0.590. The Morgan fingerprint density at radius 2 is 1.95 bits per heavy atom. The Kier molecular flexibility index (Phi) is 3.88. The predicted octanol–water partition coefficient (Wildman–Crippen LogP) is 6.38. The SMILES string of the molecule is CC(Nc1ccc2sccc2c1)c1cccc(Cl)c1Cl. The number of rotatable bonds is 3. The van der Waals surface area contributed by atoms with E-state index in [9.17, 15) is 0 Å². The van der Waals surface area contributed by atoms with E-state index < -0.39 is 0 Å². The third kappa shape index (κ3) is 2.64. The molecule has 0 bridgehead atoms. The summed E-state index contributed by atoms with van der Waals surface area (Å²) < 4.78 is 1.30. The van der Waals surface area contributed by atoms with Crippen molar-refractivity contribution < 1.29 is 0 Å². The average molecular weight is 322 g/mol. The van der Waals surface area contributed by atoms with Crippen molar-refractivity contribution in [1.82, 2.24) is 0 Å². The fourth-order valence-electron chi connectivity index (χ4n) is 2.24. The first-order chi connectivity index (χ1) is 9.65. The third-order valence-electron chi connectivity index (χ3n) is 3.28. The summed E-state index contributed by atoms with van der Waals surface area (Å²) in [5.41, 5.74) is 2.09. The molecule has 0 aliphatic heterocycles. The molecule has 0 radical (unpaired) electrons. The molecule has 1 unspecified atom stereocenters. The summed E-state index contributed by atoms with van der Waals surface area (Å²) in [6.07, 6.45) is 0. The van der Waals surface area contributed by atoms with E-state index in [-0.39, 0.29) is 6.04 Å². The molecule has 4 heteroatoms. The lowest BCUT2D eigenvalue weighted by molar-refractivity contribution is 0.885. The summed E-state index contributed by atoms with van der Waals surface area (Å²) in [5.74, 6) is 0. The lowest BCUT2D eigenvalue weighted by atomic mass is 10.1.